The van der Waals surface area contributed by atoms with Crippen molar-refractivity contribution in [2.75, 3.05) is 12.5 Å². The number of carbonyl (C=O) groups is 1. The summed E-state index contributed by atoms with van der Waals surface area (Å²) in [4.78, 5) is 14.9. The maximum absolute atomic E-state index is 12.2. The largest absolute Gasteiger partial charge is 0.337 e. The molecule has 0 bridgehead atoms. The highest BCUT2D eigenvalue weighted by Crippen LogP contribution is 2.23. The normalized spacial score (nSPS) is 10.3. The van der Waals surface area contributed by atoms with Gasteiger partial charge in [-0.05, 0) is 36.4 Å². The predicted octanol–water partition coefficient (Wildman–Crippen LogP) is 2.96. The van der Waals surface area contributed by atoms with Crippen molar-refractivity contribution in [3.05, 3.63) is 51.2 Å². The number of hydrazine groups is 1. The van der Waals surface area contributed by atoms with Crippen LogP contribution in [0.5, 0.6) is 0 Å². The molecule has 1 aromatic heterocycles. The molecular weight excluding hydrogens is 282 g/mol. The van der Waals surface area contributed by atoms with Crippen molar-refractivity contribution >= 4 is 34.5 Å². The van der Waals surface area contributed by atoms with Crippen molar-refractivity contribution in [3.8, 4) is 0 Å². The molecule has 4 nitrogen and oxygen atoms in total. The first-order chi connectivity index (χ1) is 9.10. The van der Waals surface area contributed by atoms with Crippen LogP contribution in [0.3, 0.4) is 0 Å². The zero-order chi connectivity index (χ0) is 13.8. The Morgan fingerprint density at radius 2 is 2.00 bits per heavy atom. The standard InChI is InChI=1S/C13H14ClN3OS/c1-17(8-11-6-7-12(14)19-11)13(18)9-2-4-10(16-15)5-3-9/h2-7,16H,8,15H2,1H3. The summed E-state index contributed by atoms with van der Waals surface area (Å²) in [6, 6.07) is 10.8. The number of hydrogen-bond donors (Lipinski definition) is 2. The summed E-state index contributed by atoms with van der Waals surface area (Å²) < 4.78 is 0.731. The van der Waals surface area contributed by atoms with Crippen LogP contribution in [0.1, 0.15) is 15.2 Å². The second-order valence-electron chi connectivity index (χ2n) is 4.09. The van der Waals surface area contributed by atoms with Crippen molar-refractivity contribution in [2.45, 2.75) is 6.54 Å². The van der Waals surface area contributed by atoms with Gasteiger partial charge in [0, 0.05) is 23.2 Å². The molecule has 19 heavy (non-hydrogen) atoms. The average Bonchev–Trinajstić information content (AvgIpc) is 2.83. The molecule has 1 heterocycles. The van der Waals surface area contributed by atoms with Crippen LogP contribution in [0.15, 0.2) is 36.4 Å². The first kappa shape index (κ1) is 13.9. The van der Waals surface area contributed by atoms with E-state index in [1.54, 1.807) is 36.2 Å². The van der Waals surface area contributed by atoms with Gasteiger partial charge in [0.1, 0.15) is 0 Å². The van der Waals surface area contributed by atoms with Gasteiger partial charge >= 0.3 is 0 Å². The minimum absolute atomic E-state index is 0.0342. The lowest BCUT2D eigenvalue weighted by atomic mass is 10.2. The van der Waals surface area contributed by atoms with Crippen LogP contribution in [0, 0.1) is 0 Å². The Morgan fingerprint density at radius 1 is 1.32 bits per heavy atom. The molecule has 100 valence electrons. The number of nitrogens with zero attached hydrogens (tertiary/aromatic N) is 1. The highest BCUT2D eigenvalue weighted by molar-refractivity contribution is 7.16. The molecule has 3 N–H and O–H groups in total. The van der Waals surface area contributed by atoms with E-state index < -0.39 is 0 Å². The van der Waals surface area contributed by atoms with Gasteiger partial charge in [-0.1, -0.05) is 11.6 Å². The third-order valence-electron chi connectivity index (χ3n) is 2.67. The number of benzene rings is 1. The minimum atomic E-state index is -0.0342. The highest BCUT2D eigenvalue weighted by Gasteiger charge is 2.12. The second-order valence-corrected chi connectivity index (χ2v) is 5.89. The molecule has 1 amide bonds. The number of thiophene rings is 1. The summed E-state index contributed by atoms with van der Waals surface area (Å²) >= 11 is 7.35. The van der Waals surface area contributed by atoms with E-state index in [2.05, 4.69) is 5.43 Å². The Labute approximate surface area is 120 Å². The van der Waals surface area contributed by atoms with Crippen molar-refractivity contribution in [2.24, 2.45) is 5.84 Å². The van der Waals surface area contributed by atoms with Crippen LogP contribution in [-0.4, -0.2) is 17.9 Å². The molecule has 0 aliphatic carbocycles. The number of anilines is 1. The van der Waals surface area contributed by atoms with E-state index in [1.165, 1.54) is 11.3 Å². The van der Waals surface area contributed by atoms with Gasteiger partial charge < -0.3 is 10.3 Å². The monoisotopic (exact) mass is 295 g/mol. The third kappa shape index (κ3) is 3.47. The van der Waals surface area contributed by atoms with E-state index in [9.17, 15) is 4.79 Å². The Hall–Kier alpha value is -1.56. The molecule has 0 saturated heterocycles. The van der Waals surface area contributed by atoms with Gasteiger partial charge in [-0.3, -0.25) is 10.6 Å². The molecule has 0 radical (unpaired) electrons. The number of nitrogens with two attached hydrogens (primary N) is 1. The molecule has 2 aromatic rings. The number of hydrogen-bond acceptors (Lipinski definition) is 4. The first-order valence-electron chi connectivity index (χ1n) is 5.66. The van der Waals surface area contributed by atoms with Crippen LogP contribution in [0.4, 0.5) is 5.69 Å². The molecule has 0 saturated carbocycles. The smallest absolute Gasteiger partial charge is 0.253 e. The number of halogens is 1. The van der Waals surface area contributed by atoms with Crippen molar-refractivity contribution in [3.63, 3.8) is 0 Å². The van der Waals surface area contributed by atoms with Gasteiger partial charge in [-0.25, -0.2) is 0 Å². The van der Waals surface area contributed by atoms with Crippen LogP contribution < -0.4 is 11.3 Å². The maximum Gasteiger partial charge on any atom is 0.253 e. The number of carbonyl (C=O) groups excluding carboxylic acids is 1. The van der Waals surface area contributed by atoms with E-state index in [0.717, 1.165) is 14.9 Å². The first-order valence-corrected chi connectivity index (χ1v) is 6.86. The fraction of sp³-hybridized carbons (Fsp3) is 0.154. The lowest BCUT2D eigenvalue weighted by Crippen LogP contribution is -2.25. The van der Waals surface area contributed by atoms with Crippen LogP contribution in [-0.2, 0) is 6.54 Å². The minimum Gasteiger partial charge on any atom is -0.337 e. The van der Waals surface area contributed by atoms with E-state index in [-0.39, 0.29) is 5.91 Å². The van der Waals surface area contributed by atoms with Crippen molar-refractivity contribution in [1.82, 2.24) is 4.90 Å². The van der Waals surface area contributed by atoms with Gasteiger partial charge in [-0.15, -0.1) is 11.3 Å². The molecular formula is C13H14ClN3OS. The number of amides is 1. The van der Waals surface area contributed by atoms with Crippen molar-refractivity contribution < 1.29 is 4.79 Å². The molecule has 0 aliphatic heterocycles. The van der Waals surface area contributed by atoms with Gasteiger partial charge in [0.15, 0.2) is 0 Å². The van der Waals surface area contributed by atoms with Crippen molar-refractivity contribution in [1.29, 1.82) is 0 Å². The maximum atomic E-state index is 12.2. The van der Waals surface area contributed by atoms with Crippen LogP contribution in [0.25, 0.3) is 0 Å². The summed E-state index contributed by atoms with van der Waals surface area (Å²) in [6.45, 7) is 0.549. The van der Waals surface area contributed by atoms with Gasteiger partial charge in [0.05, 0.1) is 10.9 Å². The average molecular weight is 296 g/mol. The van der Waals surface area contributed by atoms with Crippen LogP contribution in [0.2, 0.25) is 4.34 Å². The Kier molecular flexibility index (Phi) is 4.42. The quantitative estimate of drug-likeness (QED) is 0.673. The van der Waals surface area contributed by atoms with Gasteiger partial charge in [0.2, 0.25) is 0 Å². The summed E-state index contributed by atoms with van der Waals surface area (Å²) in [5, 5.41) is 0. The molecule has 0 atom stereocenters. The Balaban J connectivity index is 2.05. The number of nitrogens with one attached hydrogen (secondary N) is 1. The SMILES string of the molecule is CN(Cc1ccc(Cl)s1)C(=O)c1ccc(NN)cc1. The highest BCUT2D eigenvalue weighted by atomic mass is 35.5. The fourth-order valence-corrected chi connectivity index (χ4v) is 2.81. The molecule has 0 fully saturated rings. The molecule has 6 heteroatoms. The third-order valence-corrected chi connectivity index (χ3v) is 3.88. The van der Waals surface area contributed by atoms with Crippen LogP contribution >= 0.6 is 22.9 Å². The molecule has 2 rings (SSSR count). The van der Waals surface area contributed by atoms with E-state index >= 15 is 0 Å². The number of nitrogen functional groups attached to an aromatic ring is 1. The lowest BCUT2D eigenvalue weighted by Gasteiger charge is -2.16. The Morgan fingerprint density at radius 3 is 2.53 bits per heavy atom. The Bertz CT molecular complexity index is 568. The molecule has 0 aliphatic rings. The van der Waals surface area contributed by atoms with Gasteiger partial charge in [-0.2, -0.15) is 0 Å². The van der Waals surface area contributed by atoms with E-state index in [1.807, 2.05) is 12.1 Å². The fourth-order valence-electron chi connectivity index (χ4n) is 1.67. The van der Waals surface area contributed by atoms with Gasteiger partial charge in [0.25, 0.3) is 5.91 Å². The predicted molar refractivity (Wildman–Crippen MR) is 79.4 cm³/mol. The lowest BCUT2D eigenvalue weighted by molar-refractivity contribution is 0.0786. The molecule has 0 spiro atoms. The zero-order valence-electron chi connectivity index (χ0n) is 10.4. The second kappa shape index (κ2) is 6.06. The summed E-state index contributed by atoms with van der Waals surface area (Å²) in [5.41, 5.74) is 3.92. The number of rotatable bonds is 4. The zero-order valence-corrected chi connectivity index (χ0v) is 12.0. The molecule has 0 unspecified atom stereocenters. The summed E-state index contributed by atoms with van der Waals surface area (Å²) in [5.74, 6) is 5.25. The van der Waals surface area contributed by atoms with E-state index in [0.29, 0.717) is 12.1 Å². The van der Waals surface area contributed by atoms with E-state index in [4.69, 9.17) is 17.4 Å². The summed E-state index contributed by atoms with van der Waals surface area (Å²) in [7, 11) is 1.77. The molecule has 1 aromatic carbocycles. The summed E-state index contributed by atoms with van der Waals surface area (Å²) in [6.07, 6.45) is 0. The topological polar surface area (TPSA) is 58.4 Å².